The van der Waals surface area contributed by atoms with E-state index >= 15 is 0 Å². The lowest BCUT2D eigenvalue weighted by molar-refractivity contribution is -0.121. The van der Waals surface area contributed by atoms with E-state index in [1.165, 1.54) is 18.0 Å². The molecule has 0 radical (unpaired) electrons. The van der Waals surface area contributed by atoms with Crippen molar-refractivity contribution in [1.82, 2.24) is 14.9 Å². The van der Waals surface area contributed by atoms with Gasteiger partial charge in [-0.05, 0) is 30.7 Å². The molecule has 2 rings (SSSR count). The largest absolute Gasteiger partial charge is 0.497 e. The zero-order chi connectivity index (χ0) is 19.6. The van der Waals surface area contributed by atoms with Crippen LogP contribution < -0.4 is 15.4 Å². The van der Waals surface area contributed by atoms with Gasteiger partial charge in [0.2, 0.25) is 11.8 Å². The quantitative estimate of drug-likeness (QED) is 0.531. The van der Waals surface area contributed by atoms with Crippen molar-refractivity contribution in [3.8, 4) is 5.75 Å². The van der Waals surface area contributed by atoms with Gasteiger partial charge < -0.3 is 25.0 Å². The average Bonchev–Trinajstić information content (AvgIpc) is 3.06. The van der Waals surface area contributed by atoms with Crippen LogP contribution in [0.25, 0.3) is 0 Å². The van der Waals surface area contributed by atoms with E-state index in [2.05, 4.69) is 15.6 Å². The Labute approximate surface area is 162 Å². The Kier molecular flexibility index (Phi) is 8.15. The third-order valence-corrected chi connectivity index (χ3v) is 4.63. The van der Waals surface area contributed by atoms with Crippen molar-refractivity contribution >= 4 is 29.3 Å². The predicted octanol–water partition coefficient (Wildman–Crippen LogP) is 1.64. The zero-order valence-corrected chi connectivity index (χ0v) is 16.2. The molecule has 0 fully saturated rings. The Morgan fingerprint density at radius 2 is 2.00 bits per heavy atom. The van der Waals surface area contributed by atoms with Crippen LogP contribution in [0.1, 0.15) is 19.0 Å². The van der Waals surface area contributed by atoms with Crippen LogP contribution in [0.2, 0.25) is 0 Å². The molecule has 9 heteroatoms. The fourth-order valence-electron chi connectivity index (χ4n) is 2.27. The molecule has 0 saturated heterocycles. The maximum atomic E-state index is 12.2. The lowest BCUT2D eigenvalue weighted by Crippen LogP contribution is -2.29. The van der Waals surface area contributed by atoms with Crippen LogP contribution in [0.5, 0.6) is 5.75 Å². The van der Waals surface area contributed by atoms with E-state index < -0.39 is 0 Å². The van der Waals surface area contributed by atoms with Gasteiger partial charge >= 0.3 is 0 Å². The Balaban J connectivity index is 1.94. The average molecular weight is 392 g/mol. The lowest BCUT2D eigenvalue weighted by Gasteiger charge is -2.11. The van der Waals surface area contributed by atoms with E-state index in [-0.39, 0.29) is 30.7 Å². The summed E-state index contributed by atoms with van der Waals surface area (Å²) in [4.78, 5) is 28.4. The first-order valence-electron chi connectivity index (χ1n) is 8.56. The van der Waals surface area contributed by atoms with Crippen LogP contribution in [0.3, 0.4) is 0 Å². The molecule has 1 heterocycles. The predicted molar refractivity (Wildman–Crippen MR) is 104 cm³/mol. The number of carbonyl (C=O) groups excluding carboxylic acids is 2. The summed E-state index contributed by atoms with van der Waals surface area (Å²) in [5.41, 5.74) is 1.19. The van der Waals surface area contributed by atoms with Crippen LogP contribution >= 0.6 is 11.8 Å². The van der Waals surface area contributed by atoms with Crippen molar-refractivity contribution in [3.63, 3.8) is 0 Å². The van der Waals surface area contributed by atoms with Crippen molar-refractivity contribution in [1.29, 1.82) is 0 Å². The SMILES string of the molecule is CCCNC(=O)Cn1c(CO)cnc1SCC(=O)Nc1ccc(OC)cc1. The standard InChI is InChI=1S/C18H24N4O4S/c1-3-8-19-16(24)10-22-14(11-23)9-20-18(22)27-12-17(25)21-13-4-6-15(26-2)7-5-13/h4-7,9,23H,3,8,10-12H2,1-2H3,(H,19,24)(H,21,25). The number of rotatable bonds is 10. The molecule has 8 nitrogen and oxygen atoms in total. The second-order valence-corrected chi connectivity index (χ2v) is 6.63. The van der Waals surface area contributed by atoms with E-state index in [1.807, 2.05) is 6.92 Å². The molecule has 1 aromatic heterocycles. The highest BCUT2D eigenvalue weighted by atomic mass is 32.2. The van der Waals surface area contributed by atoms with Crippen LogP contribution in [0.15, 0.2) is 35.6 Å². The van der Waals surface area contributed by atoms with Crippen LogP contribution in [-0.4, -0.2) is 45.9 Å². The molecule has 0 aliphatic heterocycles. The number of hydrogen-bond acceptors (Lipinski definition) is 6. The third kappa shape index (κ3) is 6.30. The Hall–Kier alpha value is -2.52. The van der Waals surface area contributed by atoms with Gasteiger partial charge in [-0.1, -0.05) is 18.7 Å². The normalized spacial score (nSPS) is 10.5. The Bertz CT molecular complexity index is 761. The summed E-state index contributed by atoms with van der Waals surface area (Å²) in [5, 5.41) is 15.5. The number of benzene rings is 1. The van der Waals surface area contributed by atoms with E-state index in [9.17, 15) is 14.7 Å². The number of aliphatic hydroxyl groups excluding tert-OH is 1. The summed E-state index contributed by atoms with van der Waals surface area (Å²) in [7, 11) is 1.58. The molecule has 0 aliphatic carbocycles. The second kappa shape index (κ2) is 10.6. The van der Waals surface area contributed by atoms with Crippen molar-refractivity contribution in [3.05, 3.63) is 36.2 Å². The minimum atomic E-state index is -0.230. The number of carbonyl (C=O) groups is 2. The van der Waals surface area contributed by atoms with E-state index in [0.717, 1.165) is 6.42 Å². The van der Waals surface area contributed by atoms with Gasteiger partial charge in [0, 0.05) is 12.2 Å². The molecule has 146 valence electrons. The van der Waals surface area contributed by atoms with Crippen molar-refractivity contribution in [2.45, 2.75) is 31.7 Å². The molecule has 0 saturated carbocycles. The molecule has 3 N–H and O–H groups in total. The number of methoxy groups -OCH3 is 1. The third-order valence-electron chi connectivity index (χ3n) is 3.64. The summed E-state index contributed by atoms with van der Waals surface area (Å²) in [6, 6.07) is 7.03. The molecule has 0 atom stereocenters. The van der Waals surface area contributed by atoms with Gasteiger partial charge in [-0.3, -0.25) is 9.59 Å². The van der Waals surface area contributed by atoms with Gasteiger partial charge in [0.25, 0.3) is 0 Å². The molecule has 0 bridgehead atoms. The molecule has 2 amide bonds. The van der Waals surface area contributed by atoms with Crippen LogP contribution in [0.4, 0.5) is 5.69 Å². The number of aromatic nitrogens is 2. The first kappa shape index (κ1) is 20.8. The number of ether oxygens (including phenoxy) is 1. The maximum absolute atomic E-state index is 12.2. The number of hydrogen-bond donors (Lipinski definition) is 3. The fraction of sp³-hybridized carbons (Fsp3) is 0.389. The number of imidazole rings is 1. The molecule has 1 aromatic carbocycles. The molecular formula is C18H24N4O4S. The summed E-state index contributed by atoms with van der Waals surface area (Å²) >= 11 is 1.21. The number of anilines is 1. The van der Waals surface area contributed by atoms with Gasteiger partial charge in [-0.25, -0.2) is 4.98 Å². The van der Waals surface area contributed by atoms with E-state index in [4.69, 9.17) is 4.74 Å². The highest BCUT2D eigenvalue weighted by Gasteiger charge is 2.15. The smallest absolute Gasteiger partial charge is 0.240 e. The van der Waals surface area contributed by atoms with Gasteiger partial charge in [0.15, 0.2) is 5.16 Å². The molecule has 0 spiro atoms. The number of amides is 2. The highest BCUT2D eigenvalue weighted by Crippen LogP contribution is 2.20. The molecule has 0 aliphatic rings. The van der Waals surface area contributed by atoms with Gasteiger partial charge in [0.05, 0.1) is 31.4 Å². The zero-order valence-electron chi connectivity index (χ0n) is 15.4. The Morgan fingerprint density at radius 3 is 2.63 bits per heavy atom. The minimum absolute atomic E-state index is 0.0539. The van der Waals surface area contributed by atoms with Gasteiger partial charge in [0.1, 0.15) is 12.3 Å². The minimum Gasteiger partial charge on any atom is -0.497 e. The molecule has 2 aromatic rings. The number of nitrogens with zero attached hydrogens (tertiary/aromatic N) is 2. The summed E-state index contributed by atoms with van der Waals surface area (Å²) in [6.45, 7) is 2.39. The molecule has 0 unspecified atom stereocenters. The summed E-state index contributed by atoms with van der Waals surface area (Å²) in [6.07, 6.45) is 2.35. The van der Waals surface area contributed by atoms with Gasteiger partial charge in [-0.2, -0.15) is 0 Å². The Morgan fingerprint density at radius 1 is 1.26 bits per heavy atom. The summed E-state index contributed by atoms with van der Waals surface area (Å²) in [5.74, 6) is 0.488. The monoisotopic (exact) mass is 392 g/mol. The topological polar surface area (TPSA) is 105 Å². The number of thioether (sulfide) groups is 1. The van der Waals surface area contributed by atoms with E-state index in [1.54, 1.807) is 35.9 Å². The van der Waals surface area contributed by atoms with Crippen LogP contribution in [0, 0.1) is 0 Å². The van der Waals surface area contributed by atoms with Gasteiger partial charge in [-0.15, -0.1) is 0 Å². The lowest BCUT2D eigenvalue weighted by atomic mass is 10.3. The number of nitrogens with one attached hydrogen (secondary N) is 2. The van der Waals surface area contributed by atoms with Crippen LogP contribution in [-0.2, 0) is 22.7 Å². The first-order chi connectivity index (χ1) is 13.1. The first-order valence-corrected chi connectivity index (χ1v) is 9.54. The maximum Gasteiger partial charge on any atom is 0.240 e. The fourth-order valence-corrected chi connectivity index (χ4v) is 3.07. The van der Waals surface area contributed by atoms with Crippen molar-refractivity contribution < 1.29 is 19.4 Å². The molecular weight excluding hydrogens is 368 g/mol. The van der Waals surface area contributed by atoms with Crippen molar-refractivity contribution in [2.75, 3.05) is 24.7 Å². The summed E-state index contributed by atoms with van der Waals surface area (Å²) < 4.78 is 6.70. The number of aliphatic hydroxyl groups is 1. The second-order valence-electron chi connectivity index (χ2n) is 5.69. The highest BCUT2D eigenvalue weighted by molar-refractivity contribution is 7.99. The molecule has 27 heavy (non-hydrogen) atoms. The van der Waals surface area contributed by atoms with Crippen molar-refractivity contribution in [2.24, 2.45) is 0 Å². The van der Waals surface area contributed by atoms with E-state index in [0.29, 0.717) is 28.8 Å².